The lowest BCUT2D eigenvalue weighted by Crippen LogP contribution is -2.49. The van der Waals surface area contributed by atoms with Gasteiger partial charge in [0.25, 0.3) is 0 Å². The molecule has 4 atom stereocenters. The number of aliphatic carboxylic acids is 3. The van der Waals surface area contributed by atoms with Crippen molar-refractivity contribution in [2.75, 3.05) is 13.1 Å². The molecule has 0 aromatic heterocycles. The Labute approximate surface area is 225 Å². The molecule has 15 nitrogen and oxygen atoms in total. The maximum Gasteiger partial charge on any atom is 0.326 e. The molecular weight excluding hydrogens is 514 g/mol. The van der Waals surface area contributed by atoms with E-state index in [0.717, 1.165) is 5.56 Å². The van der Waals surface area contributed by atoms with E-state index in [4.69, 9.17) is 38.3 Å². The number of nitrogens with zero attached hydrogens (tertiary/aromatic N) is 2. The van der Waals surface area contributed by atoms with Crippen molar-refractivity contribution in [3.63, 3.8) is 0 Å². The van der Waals surface area contributed by atoms with Crippen molar-refractivity contribution in [2.45, 2.75) is 62.7 Å². The summed E-state index contributed by atoms with van der Waals surface area (Å²) in [5.74, 6) is -4.50. The van der Waals surface area contributed by atoms with E-state index >= 15 is 0 Å². The van der Waals surface area contributed by atoms with E-state index in [-0.39, 0.29) is 18.3 Å². The molecule has 0 radical (unpaired) electrons. The van der Waals surface area contributed by atoms with Crippen molar-refractivity contribution in [3.8, 4) is 0 Å². The summed E-state index contributed by atoms with van der Waals surface area (Å²) in [5, 5.41) is 28.9. The molecule has 0 bridgehead atoms. The van der Waals surface area contributed by atoms with E-state index < -0.39 is 54.4 Å². The summed E-state index contributed by atoms with van der Waals surface area (Å²) in [6.45, 7) is 0.864. The molecule has 39 heavy (non-hydrogen) atoms. The second-order valence-electron chi connectivity index (χ2n) is 8.88. The zero-order chi connectivity index (χ0) is 29.5. The Morgan fingerprint density at radius 2 is 1.67 bits per heavy atom. The van der Waals surface area contributed by atoms with Crippen LogP contribution in [0.4, 0.5) is 0 Å². The Kier molecular flexibility index (Phi) is 13.9. The Morgan fingerprint density at radius 3 is 2.21 bits per heavy atom. The minimum absolute atomic E-state index is 0.00498. The summed E-state index contributed by atoms with van der Waals surface area (Å²) < 4.78 is 0. The lowest BCUT2D eigenvalue weighted by molar-refractivity contribution is -0.148. The molecule has 15 heteroatoms. The molecule has 0 saturated carbocycles. The number of benzene rings is 1. The molecule has 1 heterocycles. The third-order valence-corrected chi connectivity index (χ3v) is 5.73. The molecule has 1 aromatic rings. The standard InChI is InChI=1S/C13H16N2O5.C11H21N5O3/c14-9(7-11(16)17)12(18)15-10(13(19)20)6-8-4-2-1-3-5-8;12-7(3-1-5-15-11(13)14)9(17)16-6-2-4-8(16)10(18)19/h1-5,9-10H,6-7,14H2,(H,15,18)(H,16,17)(H,19,20);7-8H,1-6,12H2,(H,18,19)(H4,13,14,15)/t9-,10-;7-,8-/m00/s1. The van der Waals surface area contributed by atoms with Crippen molar-refractivity contribution >= 4 is 35.7 Å². The number of guanidine groups is 1. The van der Waals surface area contributed by atoms with Crippen molar-refractivity contribution in [1.82, 2.24) is 10.2 Å². The third kappa shape index (κ3) is 12.2. The first-order chi connectivity index (χ1) is 18.3. The van der Waals surface area contributed by atoms with Gasteiger partial charge < -0.3 is 48.5 Å². The van der Waals surface area contributed by atoms with Gasteiger partial charge in [-0.2, -0.15) is 0 Å². The topological polar surface area (TPSA) is 278 Å². The summed E-state index contributed by atoms with van der Waals surface area (Å²) in [4.78, 5) is 61.4. The second kappa shape index (κ2) is 16.6. The summed E-state index contributed by atoms with van der Waals surface area (Å²) >= 11 is 0. The first-order valence-electron chi connectivity index (χ1n) is 12.2. The summed E-state index contributed by atoms with van der Waals surface area (Å²) in [7, 11) is 0. The van der Waals surface area contributed by atoms with Crippen molar-refractivity contribution in [1.29, 1.82) is 0 Å². The van der Waals surface area contributed by atoms with Crippen LogP contribution < -0.4 is 28.3 Å². The second-order valence-corrected chi connectivity index (χ2v) is 8.88. The minimum Gasteiger partial charge on any atom is -0.481 e. The zero-order valence-electron chi connectivity index (χ0n) is 21.4. The normalized spacial score (nSPS) is 16.6. The van der Waals surface area contributed by atoms with Gasteiger partial charge in [-0.3, -0.25) is 19.4 Å². The number of carbonyl (C=O) groups is 5. The average molecular weight is 552 g/mol. The number of nitrogens with one attached hydrogen (secondary N) is 1. The number of amides is 2. The van der Waals surface area contributed by atoms with Crippen LogP contribution in [0.5, 0.6) is 0 Å². The van der Waals surface area contributed by atoms with Gasteiger partial charge in [0.15, 0.2) is 5.96 Å². The summed E-state index contributed by atoms with van der Waals surface area (Å²) in [5.41, 5.74) is 22.3. The van der Waals surface area contributed by atoms with Crippen LogP contribution in [0, 0.1) is 0 Å². The fourth-order valence-corrected chi connectivity index (χ4v) is 3.75. The van der Waals surface area contributed by atoms with Gasteiger partial charge in [-0.1, -0.05) is 30.3 Å². The number of likely N-dealkylation sites (tertiary alicyclic amines) is 1. The Hall–Kier alpha value is -4.24. The number of hydrogen-bond donors (Lipinski definition) is 8. The van der Waals surface area contributed by atoms with Gasteiger partial charge in [0.2, 0.25) is 11.8 Å². The molecule has 0 aliphatic carbocycles. The van der Waals surface area contributed by atoms with Gasteiger partial charge in [-0.15, -0.1) is 0 Å². The molecule has 0 spiro atoms. The highest BCUT2D eigenvalue weighted by Crippen LogP contribution is 2.19. The molecule has 2 amide bonds. The van der Waals surface area contributed by atoms with Crippen LogP contribution >= 0.6 is 0 Å². The Bertz CT molecular complexity index is 1020. The Morgan fingerprint density at radius 1 is 1.03 bits per heavy atom. The number of aliphatic imine (C=N–C) groups is 1. The molecular formula is C24H37N7O8. The SMILES string of the molecule is NC(N)=NCCC[C@H](N)C(=O)N1CCC[C@H]1C(=O)O.N[C@@H](CC(=O)O)C(=O)N[C@@H](Cc1ccccc1)C(=O)O. The van der Waals surface area contributed by atoms with E-state index in [9.17, 15) is 24.0 Å². The lowest BCUT2D eigenvalue weighted by atomic mass is 10.1. The van der Waals surface area contributed by atoms with Crippen molar-refractivity contribution in [2.24, 2.45) is 27.9 Å². The van der Waals surface area contributed by atoms with Gasteiger partial charge in [0, 0.05) is 19.5 Å². The van der Waals surface area contributed by atoms with E-state index in [1.165, 1.54) is 4.90 Å². The van der Waals surface area contributed by atoms with Gasteiger partial charge >= 0.3 is 17.9 Å². The third-order valence-electron chi connectivity index (χ3n) is 5.73. The number of carbonyl (C=O) groups excluding carboxylic acids is 2. The zero-order valence-corrected chi connectivity index (χ0v) is 21.4. The van der Waals surface area contributed by atoms with Crippen LogP contribution in [-0.4, -0.2) is 93.2 Å². The van der Waals surface area contributed by atoms with Crippen LogP contribution in [0.2, 0.25) is 0 Å². The number of carboxylic acids is 3. The summed E-state index contributed by atoms with van der Waals surface area (Å²) in [6, 6.07) is 4.91. The molecule has 1 aromatic carbocycles. The van der Waals surface area contributed by atoms with E-state index in [1.807, 2.05) is 0 Å². The maximum atomic E-state index is 12.0. The molecule has 1 saturated heterocycles. The molecule has 1 aliphatic heterocycles. The highest BCUT2D eigenvalue weighted by atomic mass is 16.4. The monoisotopic (exact) mass is 551 g/mol. The minimum atomic E-state index is -1.27. The molecule has 216 valence electrons. The molecule has 12 N–H and O–H groups in total. The van der Waals surface area contributed by atoms with Crippen molar-refractivity contribution < 1.29 is 39.3 Å². The molecule has 1 fully saturated rings. The average Bonchev–Trinajstić information content (AvgIpc) is 3.36. The first-order valence-corrected chi connectivity index (χ1v) is 12.2. The van der Waals surface area contributed by atoms with E-state index in [1.54, 1.807) is 30.3 Å². The van der Waals surface area contributed by atoms with Gasteiger partial charge in [0.05, 0.1) is 18.5 Å². The van der Waals surface area contributed by atoms with Gasteiger partial charge in [-0.25, -0.2) is 9.59 Å². The lowest BCUT2D eigenvalue weighted by Gasteiger charge is -2.24. The first kappa shape index (κ1) is 32.8. The number of hydrogen-bond acceptors (Lipinski definition) is 8. The highest BCUT2D eigenvalue weighted by molar-refractivity contribution is 5.89. The van der Waals surface area contributed by atoms with E-state index in [2.05, 4.69) is 10.3 Å². The summed E-state index contributed by atoms with van der Waals surface area (Å²) in [6.07, 6.45) is 1.74. The fraction of sp³-hybridized carbons (Fsp3) is 0.500. The smallest absolute Gasteiger partial charge is 0.326 e. The van der Waals surface area contributed by atoms with Gasteiger partial charge in [0.1, 0.15) is 12.1 Å². The molecule has 2 rings (SSSR count). The predicted molar refractivity (Wildman–Crippen MR) is 140 cm³/mol. The number of nitrogens with two attached hydrogens (primary N) is 4. The van der Waals surface area contributed by atoms with Crippen LogP contribution in [0.3, 0.4) is 0 Å². The largest absolute Gasteiger partial charge is 0.481 e. The highest BCUT2D eigenvalue weighted by Gasteiger charge is 2.35. The van der Waals surface area contributed by atoms with Crippen LogP contribution in [0.15, 0.2) is 35.3 Å². The number of rotatable bonds is 13. The van der Waals surface area contributed by atoms with Crippen molar-refractivity contribution in [3.05, 3.63) is 35.9 Å². The van der Waals surface area contributed by atoms with Crippen LogP contribution in [-0.2, 0) is 30.4 Å². The Balaban J connectivity index is 0.000000391. The number of carboxylic acid groups (broad SMARTS) is 3. The molecule has 1 aliphatic rings. The quantitative estimate of drug-likeness (QED) is 0.0754. The molecule has 0 unspecified atom stereocenters. The van der Waals surface area contributed by atoms with E-state index in [0.29, 0.717) is 38.8 Å². The predicted octanol–water partition coefficient (Wildman–Crippen LogP) is -1.96. The van der Waals surface area contributed by atoms with Gasteiger partial charge in [-0.05, 0) is 31.2 Å². The maximum absolute atomic E-state index is 12.0. The fourth-order valence-electron chi connectivity index (χ4n) is 3.75. The van der Waals surface area contributed by atoms with Crippen LogP contribution in [0.1, 0.15) is 37.7 Å². The van der Waals surface area contributed by atoms with Crippen LogP contribution in [0.25, 0.3) is 0 Å².